The molecule has 2 aliphatic rings. The first-order valence-electron chi connectivity index (χ1n) is 7.56. The molecule has 4 rings (SSSR count). The predicted molar refractivity (Wildman–Crippen MR) is 85.3 cm³/mol. The van der Waals surface area contributed by atoms with Gasteiger partial charge in [-0.1, -0.05) is 18.2 Å². The molecular weight excluding hydrogens is 292 g/mol. The Bertz CT molecular complexity index is 803. The van der Waals surface area contributed by atoms with Crippen molar-refractivity contribution in [1.29, 1.82) is 0 Å². The minimum atomic E-state index is -0.781. The molecule has 0 fully saturated rings. The van der Waals surface area contributed by atoms with Gasteiger partial charge in [-0.2, -0.15) is 0 Å². The highest BCUT2D eigenvalue weighted by Crippen LogP contribution is 2.38. The molecule has 1 spiro atoms. The third-order valence-electron chi connectivity index (χ3n) is 4.48. The maximum Gasteiger partial charge on any atom is 0.285 e. The van der Waals surface area contributed by atoms with Crippen molar-refractivity contribution in [2.45, 2.75) is 18.4 Å². The van der Waals surface area contributed by atoms with E-state index in [0.29, 0.717) is 19.0 Å². The molecule has 23 heavy (non-hydrogen) atoms. The number of carbonyl (C=O) groups is 1. The van der Waals surface area contributed by atoms with Gasteiger partial charge in [0.15, 0.2) is 11.3 Å². The Kier molecular flexibility index (Phi) is 3.11. The molecule has 1 aliphatic carbocycles. The summed E-state index contributed by atoms with van der Waals surface area (Å²) >= 11 is 0. The summed E-state index contributed by atoms with van der Waals surface area (Å²) in [6.07, 6.45) is 6.47. The average Bonchev–Trinajstić information content (AvgIpc) is 3.03. The van der Waals surface area contributed by atoms with Gasteiger partial charge in [0.05, 0.1) is 0 Å². The lowest BCUT2D eigenvalue weighted by atomic mass is 9.76. The molecular formula is C17H16N4O2. The van der Waals surface area contributed by atoms with E-state index in [4.69, 9.17) is 4.74 Å². The van der Waals surface area contributed by atoms with Crippen LogP contribution in [0.1, 0.15) is 22.3 Å². The fourth-order valence-corrected chi connectivity index (χ4v) is 3.29. The number of ketones is 1. The zero-order valence-electron chi connectivity index (χ0n) is 12.7. The van der Waals surface area contributed by atoms with Crippen LogP contribution in [0, 0.1) is 0 Å². The SMILES string of the molecule is CNC1=NC2(CCc3c(cccc3-c3cncnc3)C2=O)CO1. The largest absolute Gasteiger partial charge is 0.462 e. The fraction of sp³-hybridized carbons (Fsp3) is 0.294. The minimum Gasteiger partial charge on any atom is -0.462 e. The van der Waals surface area contributed by atoms with Gasteiger partial charge in [-0.15, -0.1) is 0 Å². The van der Waals surface area contributed by atoms with Crippen LogP contribution in [-0.4, -0.2) is 41.0 Å². The Balaban J connectivity index is 1.80. The van der Waals surface area contributed by atoms with E-state index in [1.54, 1.807) is 19.4 Å². The van der Waals surface area contributed by atoms with Crippen LogP contribution in [0.3, 0.4) is 0 Å². The lowest BCUT2D eigenvalue weighted by Crippen LogP contribution is -2.42. The molecule has 0 amide bonds. The predicted octanol–water partition coefficient (Wildman–Crippen LogP) is 1.62. The molecule has 1 atom stereocenters. The second kappa shape index (κ2) is 5.15. The van der Waals surface area contributed by atoms with Crippen LogP contribution in [0.2, 0.25) is 0 Å². The fourth-order valence-electron chi connectivity index (χ4n) is 3.29. The van der Waals surface area contributed by atoms with E-state index in [2.05, 4.69) is 20.3 Å². The first-order valence-corrected chi connectivity index (χ1v) is 7.56. The quantitative estimate of drug-likeness (QED) is 0.866. The average molecular weight is 308 g/mol. The molecule has 6 nitrogen and oxygen atoms in total. The molecule has 1 unspecified atom stereocenters. The number of nitrogens with zero attached hydrogens (tertiary/aromatic N) is 3. The number of fused-ring (bicyclic) bond motifs is 1. The number of rotatable bonds is 1. The Labute approximate surface area is 133 Å². The van der Waals surface area contributed by atoms with Crippen molar-refractivity contribution >= 4 is 11.8 Å². The van der Waals surface area contributed by atoms with Crippen LogP contribution in [0.15, 0.2) is 41.9 Å². The van der Waals surface area contributed by atoms with Crippen molar-refractivity contribution < 1.29 is 9.53 Å². The summed E-state index contributed by atoms with van der Waals surface area (Å²) in [6, 6.07) is 6.22. The molecule has 1 N–H and O–H groups in total. The van der Waals surface area contributed by atoms with Crippen LogP contribution in [0.4, 0.5) is 0 Å². The molecule has 6 heteroatoms. The van der Waals surface area contributed by atoms with E-state index in [-0.39, 0.29) is 5.78 Å². The molecule has 0 saturated carbocycles. The number of amidine groups is 1. The van der Waals surface area contributed by atoms with Gasteiger partial charge in [-0.05, 0) is 24.0 Å². The van der Waals surface area contributed by atoms with Gasteiger partial charge in [0, 0.05) is 30.6 Å². The van der Waals surface area contributed by atoms with Crippen molar-refractivity contribution in [3.05, 3.63) is 48.0 Å². The second-order valence-electron chi connectivity index (χ2n) is 5.78. The standard InChI is InChI=1S/C17H16N4O2/c1-18-16-21-17(9-23-16)6-5-13-12(11-7-19-10-20-8-11)3-2-4-14(13)15(17)22/h2-4,7-8,10H,5-6,9H2,1H3,(H,18,21). The zero-order chi connectivity index (χ0) is 15.9. The molecule has 116 valence electrons. The smallest absolute Gasteiger partial charge is 0.285 e. The summed E-state index contributed by atoms with van der Waals surface area (Å²) in [7, 11) is 1.74. The highest BCUT2D eigenvalue weighted by atomic mass is 16.5. The molecule has 1 aliphatic heterocycles. The molecule has 2 heterocycles. The summed E-state index contributed by atoms with van der Waals surface area (Å²) in [5.74, 6) is 0.0303. The van der Waals surface area contributed by atoms with Gasteiger partial charge in [0.25, 0.3) is 6.02 Å². The monoisotopic (exact) mass is 308 g/mol. The third kappa shape index (κ3) is 2.10. The molecule has 0 bridgehead atoms. The van der Waals surface area contributed by atoms with E-state index < -0.39 is 5.54 Å². The first kappa shape index (κ1) is 13.9. The van der Waals surface area contributed by atoms with Crippen molar-refractivity contribution in [3.63, 3.8) is 0 Å². The first-order chi connectivity index (χ1) is 11.2. The number of Topliss-reactive ketones (excluding diaryl/α,β-unsaturated/α-hetero) is 1. The maximum absolute atomic E-state index is 13.0. The molecule has 2 aromatic rings. The number of nitrogens with one attached hydrogen (secondary N) is 1. The van der Waals surface area contributed by atoms with Crippen molar-refractivity contribution in [1.82, 2.24) is 15.3 Å². The van der Waals surface area contributed by atoms with Crippen LogP contribution >= 0.6 is 0 Å². The van der Waals surface area contributed by atoms with E-state index >= 15 is 0 Å². The zero-order valence-corrected chi connectivity index (χ0v) is 12.7. The number of aliphatic imine (C=N–C) groups is 1. The van der Waals surface area contributed by atoms with Gasteiger partial charge in [-0.3, -0.25) is 4.79 Å². The van der Waals surface area contributed by atoms with Crippen molar-refractivity contribution in [2.75, 3.05) is 13.7 Å². The normalized spacial score (nSPS) is 22.5. The number of hydrogen-bond donors (Lipinski definition) is 1. The number of benzene rings is 1. The van der Waals surface area contributed by atoms with Crippen molar-refractivity contribution in [3.8, 4) is 11.1 Å². The lowest BCUT2D eigenvalue weighted by molar-refractivity contribution is 0.0835. The van der Waals surface area contributed by atoms with E-state index in [0.717, 1.165) is 28.7 Å². The topological polar surface area (TPSA) is 76.5 Å². The van der Waals surface area contributed by atoms with Gasteiger partial charge in [0.1, 0.15) is 12.9 Å². The van der Waals surface area contributed by atoms with Crippen LogP contribution in [0.5, 0.6) is 0 Å². The second-order valence-corrected chi connectivity index (χ2v) is 5.78. The maximum atomic E-state index is 13.0. The number of ether oxygens (including phenoxy) is 1. The number of carbonyl (C=O) groups excluding carboxylic acids is 1. The van der Waals surface area contributed by atoms with Gasteiger partial charge < -0.3 is 10.1 Å². The molecule has 0 radical (unpaired) electrons. The summed E-state index contributed by atoms with van der Waals surface area (Å²) < 4.78 is 5.49. The lowest BCUT2D eigenvalue weighted by Gasteiger charge is -2.29. The van der Waals surface area contributed by atoms with Crippen molar-refractivity contribution in [2.24, 2.45) is 4.99 Å². The molecule has 1 aromatic heterocycles. The van der Waals surface area contributed by atoms with Gasteiger partial charge >= 0.3 is 0 Å². The highest BCUT2D eigenvalue weighted by molar-refractivity contribution is 6.08. The third-order valence-corrected chi connectivity index (χ3v) is 4.48. The van der Waals surface area contributed by atoms with E-state index in [1.165, 1.54) is 6.33 Å². The van der Waals surface area contributed by atoms with Gasteiger partial charge in [-0.25, -0.2) is 15.0 Å². The highest BCUT2D eigenvalue weighted by Gasteiger charge is 2.47. The van der Waals surface area contributed by atoms with Crippen LogP contribution in [-0.2, 0) is 11.2 Å². The van der Waals surface area contributed by atoms with Crippen LogP contribution < -0.4 is 5.32 Å². The summed E-state index contributed by atoms with van der Waals surface area (Å²) in [4.78, 5) is 25.7. The molecule has 1 aromatic carbocycles. The Morgan fingerprint density at radius 2 is 2.00 bits per heavy atom. The van der Waals surface area contributed by atoms with Crippen LogP contribution in [0.25, 0.3) is 11.1 Å². The Morgan fingerprint density at radius 1 is 1.22 bits per heavy atom. The Morgan fingerprint density at radius 3 is 2.74 bits per heavy atom. The summed E-state index contributed by atoms with van der Waals surface area (Å²) in [6.45, 7) is 0.306. The summed E-state index contributed by atoms with van der Waals surface area (Å²) in [5, 5.41) is 2.88. The van der Waals surface area contributed by atoms with E-state index in [1.807, 2.05) is 18.2 Å². The Hall–Kier alpha value is -2.76. The van der Waals surface area contributed by atoms with Gasteiger partial charge in [0.2, 0.25) is 0 Å². The van der Waals surface area contributed by atoms with E-state index in [9.17, 15) is 4.79 Å². The summed E-state index contributed by atoms with van der Waals surface area (Å²) in [5.41, 5.74) is 2.93. The number of aromatic nitrogens is 2. The number of hydrogen-bond acceptors (Lipinski definition) is 6. The minimum absolute atomic E-state index is 0.0303. The molecule has 0 saturated heterocycles.